The number of hydrogen-bond donors (Lipinski definition) is 2. The van der Waals surface area contributed by atoms with Crippen LogP contribution in [0, 0.1) is 11.3 Å². The SMILES string of the molecule is CCOc1cc(/C=C(\C#N)c2nc3ccccc3[nH]2)ccc1OCC(=O)Nc1cccc(Cl)c1. The Labute approximate surface area is 201 Å². The third kappa shape index (κ3) is 5.55. The Morgan fingerprint density at radius 2 is 1.97 bits per heavy atom. The normalized spacial score (nSPS) is 11.1. The predicted octanol–water partition coefficient (Wildman–Crippen LogP) is 5.70. The van der Waals surface area contributed by atoms with Crippen molar-refractivity contribution < 1.29 is 14.3 Å². The Bertz CT molecular complexity index is 1370. The molecule has 4 aromatic rings. The number of imidazole rings is 1. The minimum absolute atomic E-state index is 0.204. The first-order valence-electron chi connectivity index (χ1n) is 10.6. The maximum atomic E-state index is 12.3. The quantitative estimate of drug-likeness (QED) is 0.320. The molecule has 0 aliphatic heterocycles. The van der Waals surface area contributed by atoms with Crippen LogP contribution in [-0.2, 0) is 4.79 Å². The number of allylic oxidation sites excluding steroid dienone is 1. The smallest absolute Gasteiger partial charge is 0.262 e. The van der Waals surface area contributed by atoms with E-state index in [-0.39, 0.29) is 12.5 Å². The van der Waals surface area contributed by atoms with Crippen molar-refractivity contribution in [2.75, 3.05) is 18.5 Å². The van der Waals surface area contributed by atoms with E-state index >= 15 is 0 Å². The number of anilines is 1. The molecule has 170 valence electrons. The molecule has 8 heteroatoms. The van der Waals surface area contributed by atoms with E-state index in [1.807, 2.05) is 31.2 Å². The number of aromatic nitrogens is 2. The van der Waals surface area contributed by atoms with Crippen LogP contribution in [0.3, 0.4) is 0 Å². The highest BCUT2D eigenvalue weighted by Crippen LogP contribution is 2.30. The summed E-state index contributed by atoms with van der Waals surface area (Å²) in [6.45, 7) is 2.06. The number of carbonyl (C=O) groups is 1. The van der Waals surface area contributed by atoms with E-state index in [2.05, 4.69) is 21.4 Å². The van der Waals surface area contributed by atoms with Gasteiger partial charge in [0.2, 0.25) is 0 Å². The average Bonchev–Trinajstić information content (AvgIpc) is 3.26. The van der Waals surface area contributed by atoms with Crippen molar-refractivity contribution in [3.05, 3.63) is 83.1 Å². The summed E-state index contributed by atoms with van der Waals surface area (Å²) in [5, 5.41) is 13.0. The van der Waals surface area contributed by atoms with Gasteiger partial charge in [-0.2, -0.15) is 5.26 Å². The van der Waals surface area contributed by atoms with Crippen LogP contribution in [0.1, 0.15) is 18.3 Å². The second-order valence-corrected chi connectivity index (χ2v) is 7.70. The fraction of sp³-hybridized carbons (Fsp3) is 0.115. The van der Waals surface area contributed by atoms with E-state index < -0.39 is 0 Å². The highest BCUT2D eigenvalue weighted by Gasteiger charge is 2.12. The van der Waals surface area contributed by atoms with Crippen molar-refractivity contribution >= 4 is 45.9 Å². The van der Waals surface area contributed by atoms with Gasteiger partial charge in [-0.25, -0.2) is 4.98 Å². The molecule has 1 aromatic heterocycles. The maximum Gasteiger partial charge on any atom is 0.262 e. The number of para-hydroxylation sites is 2. The van der Waals surface area contributed by atoms with Crippen LogP contribution in [0.2, 0.25) is 5.02 Å². The number of halogens is 1. The number of amides is 1. The molecular weight excluding hydrogens is 452 g/mol. The van der Waals surface area contributed by atoms with Gasteiger partial charge in [0.05, 0.1) is 23.2 Å². The zero-order valence-electron chi connectivity index (χ0n) is 18.3. The van der Waals surface area contributed by atoms with Crippen molar-refractivity contribution in [1.29, 1.82) is 5.26 Å². The van der Waals surface area contributed by atoms with E-state index in [1.54, 1.807) is 48.5 Å². The van der Waals surface area contributed by atoms with E-state index in [9.17, 15) is 10.1 Å². The summed E-state index contributed by atoms with van der Waals surface area (Å²) in [7, 11) is 0. The van der Waals surface area contributed by atoms with E-state index in [4.69, 9.17) is 21.1 Å². The number of hydrogen-bond acceptors (Lipinski definition) is 5. The number of nitriles is 1. The summed E-state index contributed by atoms with van der Waals surface area (Å²) in [5.41, 5.74) is 3.34. The molecule has 0 saturated carbocycles. The molecule has 0 saturated heterocycles. The number of benzene rings is 3. The van der Waals surface area contributed by atoms with Crippen molar-refractivity contribution in [3.8, 4) is 17.6 Å². The average molecular weight is 473 g/mol. The van der Waals surface area contributed by atoms with Crippen LogP contribution in [0.4, 0.5) is 5.69 Å². The minimum Gasteiger partial charge on any atom is -0.490 e. The number of H-pyrrole nitrogens is 1. The Hall–Kier alpha value is -4.28. The first kappa shape index (κ1) is 22.9. The molecule has 2 N–H and O–H groups in total. The largest absolute Gasteiger partial charge is 0.490 e. The molecule has 0 aliphatic carbocycles. The Morgan fingerprint density at radius 3 is 2.74 bits per heavy atom. The van der Waals surface area contributed by atoms with Gasteiger partial charge in [0.15, 0.2) is 18.1 Å². The highest BCUT2D eigenvalue weighted by atomic mass is 35.5. The van der Waals surface area contributed by atoms with Crippen LogP contribution in [0.15, 0.2) is 66.7 Å². The van der Waals surface area contributed by atoms with E-state index in [0.717, 1.165) is 16.6 Å². The van der Waals surface area contributed by atoms with Crippen molar-refractivity contribution in [2.24, 2.45) is 0 Å². The summed E-state index contributed by atoms with van der Waals surface area (Å²) >= 11 is 5.95. The highest BCUT2D eigenvalue weighted by molar-refractivity contribution is 6.30. The summed E-state index contributed by atoms with van der Waals surface area (Å²) in [6, 6.07) is 21.9. The molecule has 0 unspecified atom stereocenters. The van der Waals surface area contributed by atoms with Gasteiger partial charge in [-0.3, -0.25) is 4.79 Å². The molecule has 0 spiro atoms. The van der Waals surface area contributed by atoms with Crippen LogP contribution in [0.5, 0.6) is 11.5 Å². The second kappa shape index (κ2) is 10.6. The third-order valence-corrected chi connectivity index (χ3v) is 5.05. The van der Waals surface area contributed by atoms with Crippen molar-refractivity contribution in [2.45, 2.75) is 6.92 Å². The predicted molar refractivity (Wildman–Crippen MR) is 133 cm³/mol. The number of ether oxygens (including phenoxy) is 2. The molecule has 0 radical (unpaired) electrons. The van der Waals surface area contributed by atoms with Gasteiger partial charge >= 0.3 is 0 Å². The molecule has 0 fully saturated rings. The summed E-state index contributed by atoms with van der Waals surface area (Å²) in [6.07, 6.45) is 1.72. The zero-order chi connectivity index (χ0) is 23.9. The Kier molecular flexibility index (Phi) is 7.11. The zero-order valence-corrected chi connectivity index (χ0v) is 19.1. The van der Waals surface area contributed by atoms with Crippen molar-refractivity contribution in [1.82, 2.24) is 9.97 Å². The lowest BCUT2D eigenvalue weighted by molar-refractivity contribution is -0.118. The number of rotatable bonds is 8. The molecule has 0 bridgehead atoms. The molecule has 3 aromatic carbocycles. The van der Waals surface area contributed by atoms with Crippen LogP contribution >= 0.6 is 11.6 Å². The van der Waals surface area contributed by atoms with Gasteiger partial charge in [0, 0.05) is 10.7 Å². The van der Waals surface area contributed by atoms with Crippen molar-refractivity contribution in [3.63, 3.8) is 0 Å². The second-order valence-electron chi connectivity index (χ2n) is 7.26. The van der Waals surface area contributed by atoms with Gasteiger partial charge in [-0.05, 0) is 61.0 Å². The molecule has 1 amide bonds. The standard InChI is InChI=1S/C26H21ClN4O3/c1-2-33-24-13-17(12-18(15-28)26-30-21-8-3-4-9-22(21)31-26)10-11-23(24)34-16-25(32)29-20-7-5-6-19(27)14-20/h3-14H,2,16H2,1H3,(H,29,32)(H,30,31)/b18-12+. The fourth-order valence-corrected chi connectivity index (χ4v) is 3.50. The first-order chi connectivity index (χ1) is 16.6. The number of nitrogens with zero attached hydrogens (tertiary/aromatic N) is 2. The van der Waals surface area contributed by atoms with E-state index in [1.165, 1.54) is 0 Å². The molecule has 0 atom stereocenters. The van der Waals surface area contributed by atoms with Gasteiger partial charge < -0.3 is 19.8 Å². The lowest BCUT2D eigenvalue weighted by Crippen LogP contribution is -2.20. The number of carbonyl (C=O) groups excluding carboxylic acids is 1. The van der Waals surface area contributed by atoms with Crippen LogP contribution in [0.25, 0.3) is 22.7 Å². The third-order valence-electron chi connectivity index (χ3n) is 4.81. The van der Waals surface area contributed by atoms with Crippen LogP contribution in [-0.4, -0.2) is 29.1 Å². The topological polar surface area (TPSA) is 100 Å². The molecular formula is C26H21ClN4O3. The van der Waals surface area contributed by atoms with Gasteiger partial charge in [-0.15, -0.1) is 0 Å². The Morgan fingerprint density at radius 1 is 1.12 bits per heavy atom. The monoisotopic (exact) mass is 472 g/mol. The number of fused-ring (bicyclic) bond motifs is 1. The minimum atomic E-state index is -0.328. The number of nitrogens with one attached hydrogen (secondary N) is 2. The lowest BCUT2D eigenvalue weighted by atomic mass is 10.1. The first-order valence-corrected chi connectivity index (χ1v) is 11.0. The summed E-state index contributed by atoms with van der Waals surface area (Å²) in [4.78, 5) is 19.9. The molecule has 34 heavy (non-hydrogen) atoms. The molecule has 7 nitrogen and oxygen atoms in total. The lowest BCUT2D eigenvalue weighted by Gasteiger charge is -2.13. The molecule has 4 rings (SSSR count). The van der Waals surface area contributed by atoms with Gasteiger partial charge in [-0.1, -0.05) is 35.9 Å². The molecule has 0 aliphatic rings. The van der Waals surface area contributed by atoms with Gasteiger partial charge in [0.25, 0.3) is 5.91 Å². The van der Waals surface area contributed by atoms with Gasteiger partial charge in [0.1, 0.15) is 11.9 Å². The fourth-order valence-electron chi connectivity index (χ4n) is 3.31. The summed E-state index contributed by atoms with van der Waals surface area (Å²) < 4.78 is 11.4. The Balaban J connectivity index is 1.51. The summed E-state index contributed by atoms with van der Waals surface area (Å²) in [5.74, 6) is 1.04. The maximum absolute atomic E-state index is 12.3. The number of aromatic amines is 1. The van der Waals surface area contributed by atoms with E-state index in [0.29, 0.717) is 40.2 Å². The van der Waals surface area contributed by atoms with Crippen LogP contribution < -0.4 is 14.8 Å². The molecule has 1 heterocycles.